The number of amidine groups is 1. The molecule has 1 aliphatic rings. The van der Waals surface area contributed by atoms with E-state index in [0.717, 1.165) is 25.1 Å². The maximum Gasteiger partial charge on any atom is 0.359 e. The number of rotatable bonds is 14. The van der Waals surface area contributed by atoms with Gasteiger partial charge in [0.05, 0.1) is 27.7 Å². The van der Waals surface area contributed by atoms with Crippen molar-refractivity contribution >= 4 is 17.8 Å². The third-order valence-corrected chi connectivity index (χ3v) is 5.27. The Labute approximate surface area is 182 Å². The molecule has 0 aliphatic carbocycles. The molecule has 1 rings (SSSR count). The monoisotopic (exact) mass is 431 g/mol. The van der Waals surface area contributed by atoms with Gasteiger partial charge >= 0.3 is 11.9 Å². The van der Waals surface area contributed by atoms with E-state index in [1.807, 2.05) is 28.1 Å². The minimum Gasteiger partial charge on any atom is -0.477 e. The molecule has 8 heteroatoms. The Morgan fingerprint density at radius 2 is 1.57 bits per heavy atom. The number of hydrogen-bond donors (Lipinski definition) is 3. The molecule has 0 bridgehead atoms. The summed E-state index contributed by atoms with van der Waals surface area (Å²) in [6.07, 6.45) is 9.34. The fourth-order valence-electron chi connectivity index (χ4n) is 3.76. The summed E-state index contributed by atoms with van der Waals surface area (Å²) in [6.45, 7) is 5.50. The molecule has 1 aliphatic heterocycles. The summed E-state index contributed by atoms with van der Waals surface area (Å²) in [5.74, 6) is -0.718. The van der Waals surface area contributed by atoms with Gasteiger partial charge in [-0.05, 0) is 6.42 Å². The predicted molar refractivity (Wildman–Crippen MR) is 119 cm³/mol. The summed E-state index contributed by atoms with van der Waals surface area (Å²) in [5.41, 5.74) is 0. The number of likely N-dealkylation sites (N-methyl/N-ethyl adjacent to an activating group) is 1. The molecule has 3 N–H and O–H groups in total. The van der Waals surface area contributed by atoms with Gasteiger partial charge in [0.15, 0.2) is 19.3 Å². The normalized spacial score (nSPS) is 19.6. The molecule has 0 radical (unpaired) electrons. The first-order valence-corrected chi connectivity index (χ1v) is 11.3. The average molecular weight is 432 g/mol. The lowest BCUT2D eigenvalue weighted by molar-refractivity contribution is -0.879. The standard InChI is InChI=1S/C17H32N2O3.C5H11NO2/c1-3-5-6-7-8-9-10-11-15-18-12-13-19(15,14-17(21)22)16(20)4-2;1-6(2,3)4-5(7)8/h16,20H,3-14H2,1-2H3;4H2,1-3H3/p+2. The first-order valence-electron chi connectivity index (χ1n) is 11.3. The van der Waals surface area contributed by atoms with E-state index in [9.17, 15) is 19.8 Å². The molecule has 0 amide bonds. The van der Waals surface area contributed by atoms with Crippen LogP contribution in [0.2, 0.25) is 0 Å². The minimum absolute atomic E-state index is 0.0513. The Morgan fingerprint density at radius 3 is 2.00 bits per heavy atom. The van der Waals surface area contributed by atoms with Crippen LogP contribution < -0.4 is 0 Å². The smallest absolute Gasteiger partial charge is 0.359 e. The topological polar surface area (TPSA) is 107 Å². The first kappa shape index (κ1) is 28.5. The molecule has 0 fully saturated rings. The molecule has 0 aromatic rings. The summed E-state index contributed by atoms with van der Waals surface area (Å²) in [7, 11) is 5.52. The van der Waals surface area contributed by atoms with Gasteiger partial charge in [-0.15, -0.1) is 0 Å². The van der Waals surface area contributed by atoms with Crippen molar-refractivity contribution in [3.05, 3.63) is 0 Å². The highest BCUT2D eigenvalue weighted by atomic mass is 16.4. The number of aliphatic hydroxyl groups excluding tert-OH is 1. The van der Waals surface area contributed by atoms with Gasteiger partial charge < -0.3 is 19.8 Å². The van der Waals surface area contributed by atoms with Crippen molar-refractivity contribution in [2.75, 3.05) is 47.3 Å². The highest BCUT2D eigenvalue weighted by molar-refractivity contribution is 5.80. The van der Waals surface area contributed by atoms with Gasteiger partial charge in [0.1, 0.15) is 6.54 Å². The van der Waals surface area contributed by atoms with Crippen molar-refractivity contribution in [2.24, 2.45) is 4.99 Å². The lowest BCUT2D eigenvalue weighted by atomic mass is 10.1. The van der Waals surface area contributed by atoms with Crippen molar-refractivity contribution in [2.45, 2.75) is 77.9 Å². The fourth-order valence-corrected chi connectivity index (χ4v) is 3.76. The van der Waals surface area contributed by atoms with E-state index in [1.165, 1.54) is 32.1 Å². The predicted octanol–water partition coefficient (Wildman–Crippen LogP) is 2.95. The largest absolute Gasteiger partial charge is 0.477 e. The van der Waals surface area contributed by atoms with E-state index >= 15 is 0 Å². The third-order valence-electron chi connectivity index (χ3n) is 5.27. The lowest BCUT2D eigenvalue weighted by Crippen LogP contribution is -2.60. The van der Waals surface area contributed by atoms with Crippen LogP contribution in [0, 0.1) is 0 Å². The number of aliphatic carboxylic acids is 2. The van der Waals surface area contributed by atoms with Crippen LogP contribution in [0.25, 0.3) is 0 Å². The van der Waals surface area contributed by atoms with Gasteiger partial charge in [-0.25, -0.2) is 19.1 Å². The number of nitrogens with zero attached hydrogens (tertiary/aromatic N) is 3. The molecular weight excluding hydrogens is 386 g/mol. The van der Waals surface area contributed by atoms with Gasteiger partial charge in [0.2, 0.25) is 5.84 Å². The number of aliphatic hydroxyl groups is 1. The van der Waals surface area contributed by atoms with Crippen molar-refractivity contribution in [1.82, 2.24) is 0 Å². The van der Waals surface area contributed by atoms with Gasteiger partial charge in [0.25, 0.3) is 0 Å². The molecule has 2 unspecified atom stereocenters. The molecule has 30 heavy (non-hydrogen) atoms. The molecule has 0 saturated heterocycles. The maximum atomic E-state index is 11.2. The van der Waals surface area contributed by atoms with E-state index in [4.69, 9.17) is 5.11 Å². The Hall–Kier alpha value is -1.51. The maximum absolute atomic E-state index is 11.2. The van der Waals surface area contributed by atoms with Crippen molar-refractivity contribution in [1.29, 1.82) is 0 Å². The molecule has 0 saturated carbocycles. The second-order valence-electron chi connectivity index (χ2n) is 9.21. The average Bonchev–Trinajstić information content (AvgIpc) is 3.01. The van der Waals surface area contributed by atoms with E-state index < -0.39 is 18.2 Å². The molecule has 1 heterocycles. The summed E-state index contributed by atoms with van der Waals surface area (Å²) in [4.78, 5) is 25.7. The zero-order chi connectivity index (χ0) is 23.2. The fraction of sp³-hybridized carbons (Fsp3) is 0.864. The van der Waals surface area contributed by atoms with Crippen LogP contribution >= 0.6 is 0 Å². The van der Waals surface area contributed by atoms with E-state index in [-0.39, 0.29) is 17.6 Å². The van der Waals surface area contributed by atoms with Gasteiger partial charge in [-0.2, -0.15) is 0 Å². The van der Waals surface area contributed by atoms with Crippen LogP contribution in [0.1, 0.15) is 71.6 Å². The lowest BCUT2D eigenvalue weighted by Gasteiger charge is -2.37. The first-order chi connectivity index (χ1) is 14.0. The number of carbonyl (C=O) groups is 2. The van der Waals surface area contributed by atoms with Crippen LogP contribution in [0.5, 0.6) is 0 Å². The number of unbranched alkanes of at least 4 members (excludes halogenated alkanes) is 6. The third kappa shape index (κ3) is 11.6. The van der Waals surface area contributed by atoms with Crippen LogP contribution in [-0.4, -0.2) is 95.6 Å². The molecule has 0 aromatic carbocycles. The zero-order valence-electron chi connectivity index (χ0n) is 19.8. The number of aliphatic imine (C=N–C) groups is 1. The zero-order valence-corrected chi connectivity index (χ0v) is 19.8. The number of quaternary nitrogens is 2. The Balaban J connectivity index is 0.000000890. The van der Waals surface area contributed by atoms with Crippen molar-refractivity contribution in [3.63, 3.8) is 0 Å². The second-order valence-corrected chi connectivity index (χ2v) is 9.21. The van der Waals surface area contributed by atoms with E-state index in [0.29, 0.717) is 24.0 Å². The number of hydrogen-bond acceptors (Lipinski definition) is 4. The number of carboxylic acids is 2. The minimum atomic E-state index is -0.860. The van der Waals surface area contributed by atoms with Crippen molar-refractivity contribution < 1.29 is 33.9 Å². The molecule has 0 spiro atoms. The Bertz CT molecular complexity index is 545. The summed E-state index contributed by atoms with van der Waals surface area (Å²) < 4.78 is 0.636. The quantitative estimate of drug-likeness (QED) is 0.289. The van der Waals surface area contributed by atoms with Crippen molar-refractivity contribution in [3.8, 4) is 0 Å². The molecule has 176 valence electrons. The molecule has 0 aromatic heterocycles. The van der Waals surface area contributed by atoms with E-state index in [1.54, 1.807) is 0 Å². The highest BCUT2D eigenvalue weighted by Gasteiger charge is 2.44. The van der Waals surface area contributed by atoms with Gasteiger partial charge in [-0.1, -0.05) is 52.4 Å². The second kappa shape index (κ2) is 14.5. The Morgan fingerprint density at radius 1 is 1.00 bits per heavy atom. The van der Waals surface area contributed by atoms with Gasteiger partial charge in [-0.3, -0.25) is 0 Å². The molecule has 8 nitrogen and oxygen atoms in total. The highest BCUT2D eigenvalue weighted by Crippen LogP contribution is 2.24. The molecular formula is C22H45N3O5+2. The molecule has 2 atom stereocenters. The van der Waals surface area contributed by atoms with Gasteiger partial charge in [0, 0.05) is 12.8 Å². The van der Waals surface area contributed by atoms with Crippen LogP contribution in [-0.2, 0) is 9.59 Å². The van der Waals surface area contributed by atoms with E-state index in [2.05, 4.69) is 11.9 Å². The summed E-state index contributed by atoms with van der Waals surface area (Å²) in [5, 5.41) is 27.8. The Kier molecular flexibility index (Phi) is 13.8. The summed E-state index contributed by atoms with van der Waals surface area (Å²) in [6, 6.07) is 0. The van der Waals surface area contributed by atoms with Crippen LogP contribution in [0.15, 0.2) is 4.99 Å². The van der Waals surface area contributed by atoms with Crippen LogP contribution in [0.3, 0.4) is 0 Å². The number of carboxylic acid groups (broad SMARTS) is 2. The SMILES string of the molecule is CCCCCCCCCC1=NCC[N+]1(CC(=O)O)C(O)CC.C[N+](C)(C)CC(=O)O. The summed E-state index contributed by atoms with van der Waals surface area (Å²) >= 11 is 0. The van der Waals surface area contributed by atoms with Crippen LogP contribution in [0.4, 0.5) is 0 Å².